The summed E-state index contributed by atoms with van der Waals surface area (Å²) in [5.41, 5.74) is 0. The van der Waals surface area contributed by atoms with E-state index in [9.17, 15) is 0 Å². The summed E-state index contributed by atoms with van der Waals surface area (Å²) in [6.07, 6.45) is 6.56. The van der Waals surface area contributed by atoms with Gasteiger partial charge in [0.25, 0.3) is 0 Å². The number of rotatable bonds is 4. The van der Waals surface area contributed by atoms with E-state index in [-0.39, 0.29) is 6.10 Å². The highest BCUT2D eigenvalue weighted by molar-refractivity contribution is 5.79. The maximum Gasteiger partial charge on any atom is 0.230 e. The molecule has 24 heavy (non-hydrogen) atoms. The SMILES string of the molecule is CC.CC(C)N1CCCC(C2=NOCC(CN3CCCCC3)O2)C1. The van der Waals surface area contributed by atoms with E-state index in [1.807, 2.05) is 13.8 Å². The summed E-state index contributed by atoms with van der Waals surface area (Å²) in [4.78, 5) is 10.5. The summed E-state index contributed by atoms with van der Waals surface area (Å²) in [6, 6.07) is 0.594. The summed E-state index contributed by atoms with van der Waals surface area (Å²) in [7, 11) is 0. The Bertz CT molecular complexity index is 381. The molecular weight excluding hydrogens is 302 g/mol. The Hall–Kier alpha value is -0.810. The van der Waals surface area contributed by atoms with Crippen LogP contribution in [0.3, 0.4) is 0 Å². The Morgan fingerprint density at radius 1 is 1.08 bits per heavy atom. The van der Waals surface area contributed by atoms with E-state index in [4.69, 9.17) is 9.57 Å². The van der Waals surface area contributed by atoms with Gasteiger partial charge < -0.3 is 14.5 Å². The number of hydrogen-bond acceptors (Lipinski definition) is 5. The molecule has 2 atom stereocenters. The lowest BCUT2D eigenvalue weighted by Gasteiger charge is -2.37. The lowest BCUT2D eigenvalue weighted by atomic mass is 9.96. The van der Waals surface area contributed by atoms with Crippen LogP contribution in [-0.2, 0) is 9.57 Å². The maximum atomic E-state index is 6.21. The average molecular weight is 340 g/mol. The van der Waals surface area contributed by atoms with Crippen molar-refractivity contribution in [2.45, 2.75) is 71.9 Å². The minimum Gasteiger partial charge on any atom is -0.470 e. The van der Waals surface area contributed by atoms with Gasteiger partial charge in [0, 0.05) is 19.1 Å². The third kappa shape index (κ3) is 5.62. The van der Waals surface area contributed by atoms with Gasteiger partial charge in [-0.05, 0) is 59.2 Å². The van der Waals surface area contributed by atoms with Crippen LogP contribution in [0.4, 0.5) is 0 Å². The number of likely N-dealkylation sites (tertiary alicyclic amines) is 2. The van der Waals surface area contributed by atoms with Crippen LogP contribution in [0.5, 0.6) is 0 Å². The molecule has 0 spiro atoms. The predicted octanol–water partition coefficient (Wildman–Crippen LogP) is 3.35. The number of hydrogen-bond donors (Lipinski definition) is 0. The molecule has 3 heterocycles. The summed E-state index contributed by atoms with van der Waals surface area (Å²) in [5, 5.41) is 4.24. The van der Waals surface area contributed by atoms with Crippen molar-refractivity contribution in [2.75, 3.05) is 39.3 Å². The molecular formula is C19H37N3O2. The van der Waals surface area contributed by atoms with Crippen LogP contribution in [0.1, 0.15) is 59.8 Å². The Balaban J connectivity index is 0.00000100. The Kier molecular flexibility index (Phi) is 8.33. The molecule has 3 aliphatic rings. The molecule has 0 saturated carbocycles. The first-order valence-corrected chi connectivity index (χ1v) is 10.1. The van der Waals surface area contributed by atoms with Gasteiger partial charge in [-0.3, -0.25) is 4.90 Å². The molecule has 0 aliphatic carbocycles. The summed E-state index contributed by atoms with van der Waals surface area (Å²) >= 11 is 0. The fourth-order valence-corrected chi connectivity index (χ4v) is 3.78. The Morgan fingerprint density at radius 3 is 2.54 bits per heavy atom. The number of nitrogens with zero attached hydrogens (tertiary/aromatic N) is 3. The largest absolute Gasteiger partial charge is 0.470 e. The maximum absolute atomic E-state index is 6.21. The smallest absolute Gasteiger partial charge is 0.230 e. The van der Waals surface area contributed by atoms with Gasteiger partial charge in [0.2, 0.25) is 5.90 Å². The van der Waals surface area contributed by atoms with Gasteiger partial charge in [-0.15, -0.1) is 0 Å². The van der Waals surface area contributed by atoms with Gasteiger partial charge >= 0.3 is 0 Å². The molecule has 0 bridgehead atoms. The van der Waals surface area contributed by atoms with Crippen molar-refractivity contribution in [3.63, 3.8) is 0 Å². The van der Waals surface area contributed by atoms with E-state index in [0.717, 1.165) is 19.0 Å². The molecule has 0 aromatic heterocycles. The highest BCUT2D eigenvalue weighted by atomic mass is 16.7. The molecule has 0 amide bonds. The molecule has 0 aromatic rings. The second kappa shape index (κ2) is 10.2. The number of piperidine rings is 2. The van der Waals surface area contributed by atoms with Gasteiger partial charge in [0.05, 0.1) is 5.92 Å². The molecule has 2 unspecified atom stereocenters. The summed E-state index contributed by atoms with van der Waals surface area (Å²) in [5.74, 6) is 1.25. The van der Waals surface area contributed by atoms with Crippen LogP contribution < -0.4 is 0 Å². The summed E-state index contributed by atoms with van der Waals surface area (Å²) in [6.45, 7) is 14.8. The molecule has 5 heteroatoms. The van der Waals surface area contributed by atoms with Crippen molar-refractivity contribution in [1.29, 1.82) is 0 Å². The van der Waals surface area contributed by atoms with Crippen LogP contribution >= 0.6 is 0 Å². The molecule has 0 radical (unpaired) electrons. The monoisotopic (exact) mass is 339 g/mol. The van der Waals surface area contributed by atoms with Crippen LogP contribution in [-0.4, -0.2) is 67.2 Å². The molecule has 2 saturated heterocycles. The van der Waals surface area contributed by atoms with Gasteiger partial charge in [0.15, 0.2) is 6.61 Å². The quantitative estimate of drug-likeness (QED) is 0.787. The van der Waals surface area contributed by atoms with Crippen molar-refractivity contribution in [3.05, 3.63) is 0 Å². The van der Waals surface area contributed by atoms with Crippen LogP contribution in [0.2, 0.25) is 0 Å². The zero-order chi connectivity index (χ0) is 17.4. The van der Waals surface area contributed by atoms with E-state index in [1.165, 1.54) is 51.7 Å². The molecule has 3 aliphatic heterocycles. The van der Waals surface area contributed by atoms with E-state index in [2.05, 4.69) is 28.8 Å². The molecule has 140 valence electrons. The van der Waals surface area contributed by atoms with Crippen LogP contribution in [0, 0.1) is 5.92 Å². The van der Waals surface area contributed by atoms with E-state index in [1.54, 1.807) is 0 Å². The highest BCUT2D eigenvalue weighted by Crippen LogP contribution is 2.23. The minimum atomic E-state index is 0.153. The fourth-order valence-electron chi connectivity index (χ4n) is 3.78. The van der Waals surface area contributed by atoms with Crippen molar-refractivity contribution >= 4 is 5.90 Å². The van der Waals surface area contributed by atoms with Gasteiger partial charge in [-0.1, -0.05) is 25.4 Å². The molecule has 5 nitrogen and oxygen atoms in total. The Labute approximate surface area is 148 Å². The third-order valence-corrected chi connectivity index (χ3v) is 5.15. The molecule has 0 N–H and O–H groups in total. The van der Waals surface area contributed by atoms with Gasteiger partial charge in [-0.2, -0.15) is 0 Å². The first-order chi connectivity index (χ1) is 11.7. The van der Waals surface area contributed by atoms with Crippen molar-refractivity contribution < 1.29 is 9.57 Å². The van der Waals surface area contributed by atoms with Crippen molar-refractivity contribution in [1.82, 2.24) is 9.80 Å². The van der Waals surface area contributed by atoms with Gasteiger partial charge in [-0.25, -0.2) is 0 Å². The van der Waals surface area contributed by atoms with Gasteiger partial charge in [0.1, 0.15) is 6.10 Å². The highest BCUT2D eigenvalue weighted by Gasteiger charge is 2.31. The first-order valence-electron chi connectivity index (χ1n) is 10.1. The molecule has 3 rings (SSSR count). The van der Waals surface area contributed by atoms with E-state index >= 15 is 0 Å². The fraction of sp³-hybridized carbons (Fsp3) is 0.947. The second-order valence-corrected chi connectivity index (χ2v) is 7.25. The third-order valence-electron chi connectivity index (χ3n) is 5.15. The normalized spacial score (nSPS) is 29.1. The zero-order valence-corrected chi connectivity index (χ0v) is 16.2. The first kappa shape index (κ1) is 19.5. The zero-order valence-electron chi connectivity index (χ0n) is 16.2. The predicted molar refractivity (Wildman–Crippen MR) is 99.3 cm³/mol. The van der Waals surface area contributed by atoms with E-state index in [0.29, 0.717) is 18.6 Å². The topological polar surface area (TPSA) is 37.3 Å². The Morgan fingerprint density at radius 2 is 1.83 bits per heavy atom. The molecule has 0 aromatic carbocycles. The summed E-state index contributed by atoms with van der Waals surface area (Å²) < 4.78 is 6.21. The van der Waals surface area contributed by atoms with Crippen LogP contribution in [0.25, 0.3) is 0 Å². The lowest BCUT2D eigenvalue weighted by Crippen LogP contribution is -2.47. The number of oxime groups is 1. The lowest BCUT2D eigenvalue weighted by molar-refractivity contribution is -0.0188. The van der Waals surface area contributed by atoms with Crippen LogP contribution in [0.15, 0.2) is 5.16 Å². The molecule has 2 fully saturated rings. The second-order valence-electron chi connectivity index (χ2n) is 7.25. The van der Waals surface area contributed by atoms with Crippen molar-refractivity contribution in [3.8, 4) is 0 Å². The minimum absolute atomic E-state index is 0.153. The standard InChI is InChI=1S/C17H31N3O2.C2H6/c1-14(2)20-10-6-7-15(11-20)17-18-21-13-16(22-17)12-19-8-4-3-5-9-19;1-2/h14-16H,3-13H2,1-2H3;1-2H3. The average Bonchev–Trinajstić information content (AvgIpc) is 2.64. The van der Waals surface area contributed by atoms with Crippen molar-refractivity contribution in [2.24, 2.45) is 11.1 Å². The van der Waals surface area contributed by atoms with E-state index < -0.39 is 0 Å². The number of ether oxygens (including phenoxy) is 1.